The largest absolute Gasteiger partial charge is 0.383 e. The van der Waals surface area contributed by atoms with Crippen LogP contribution < -0.4 is 4.80 Å². The summed E-state index contributed by atoms with van der Waals surface area (Å²) >= 11 is 1.46. The van der Waals surface area contributed by atoms with Crippen molar-refractivity contribution in [3.05, 3.63) is 57.9 Å². The van der Waals surface area contributed by atoms with E-state index in [1.165, 1.54) is 38.9 Å². The fraction of sp³-hybridized carbons (Fsp3) is 0.417. The van der Waals surface area contributed by atoms with Gasteiger partial charge in [-0.2, -0.15) is 9.30 Å². The number of nitrogens with zero attached hydrogens (tertiary/aromatic N) is 3. The van der Waals surface area contributed by atoms with Crippen molar-refractivity contribution < 1.29 is 17.9 Å². The van der Waals surface area contributed by atoms with Crippen molar-refractivity contribution in [2.24, 2.45) is 4.99 Å². The van der Waals surface area contributed by atoms with E-state index in [9.17, 15) is 13.2 Å². The van der Waals surface area contributed by atoms with E-state index in [0.717, 1.165) is 29.5 Å². The normalized spacial score (nSPS) is 15.9. The second kappa shape index (κ2) is 9.89. The van der Waals surface area contributed by atoms with Gasteiger partial charge in [0.2, 0.25) is 10.0 Å². The number of carbonyl (C=O) groups excluding carboxylic acids is 1. The lowest BCUT2D eigenvalue weighted by molar-refractivity contribution is 0.0997. The lowest BCUT2D eigenvalue weighted by Crippen LogP contribution is -2.35. The average Bonchev–Trinajstić information content (AvgIpc) is 3.14. The van der Waals surface area contributed by atoms with Gasteiger partial charge in [0.25, 0.3) is 5.91 Å². The number of carbonyl (C=O) groups is 1. The van der Waals surface area contributed by atoms with Gasteiger partial charge >= 0.3 is 0 Å². The van der Waals surface area contributed by atoms with Crippen LogP contribution in [0.25, 0.3) is 10.2 Å². The standard InChI is InChI=1S/C24H29N3O4S2/c1-17-15-21-22(16-18(17)2)32-24(27(21)13-14-31-3)25-23(28)19-7-9-20(10-8-19)33(29,30)26-11-5-4-6-12-26/h7-10,15-16H,4-6,11-14H2,1-3H3. The molecule has 0 saturated carbocycles. The highest BCUT2D eigenvalue weighted by Gasteiger charge is 2.26. The summed E-state index contributed by atoms with van der Waals surface area (Å²) in [5, 5.41) is 0. The monoisotopic (exact) mass is 487 g/mol. The number of sulfonamides is 1. The molecule has 0 spiro atoms. The van der Waals surface area contributed by atoms with Gasteiger partial charge in [-0.05, 0) is 74.2 Å². The highest BCUT2D eigenvalue weighted by Crippen LogP contribution is 2.23. The Hall–Kier alpha value is -2.33. The maximum absolute atomic E-state index is 12.9. The minimum absolute atomic E-state index is 0.212. The molecule has 1 saturated heterocycles. The van der Waals surface area contributed by atoms with E-state index < -0.39 is 15.9 Å². The minimum atomic E-state index is -3.53. The molecule has 1 aliphatic rings. The van der Waals surface area contributed by atoms with Crippen molar-refractivity contribution in [2.45, 2.75) is 44.6 Å². The van der Waals surface area contributed by atoms with Crippen molar-refractivity contribution in [1.29, 1.82) is 0 Å². The van der Waals surface area contributed by atoms with Crippen LogP contribution in [0.2, 0.25) is 0 Å². The molecule has 0 unspecified atom stereocenters. The summed E-state index contributed by atoms with van der Waals surface area (Å²) in [5.41, 5.74) is 3.74. The molecule has 0 N–H and O–H groups in total. The third-order valence-electron chi connectivity index (χ3n) is 6.07. The summed E-state index contributed by atoms with van der Waals surface area (Å²) in [6, 6.07) is 10.3. The smallest absolute Gasteiger partial charge is 0.279 e. The summed E-state index contributed by atoms with van der Waals surface area (Å²) in [5.74, 6) is -0.400. The third kappa shape index (κ3) is 4.96. The predicted octanol–water partition coefficient (Wildman–Crippen LogP) is 3.88. The van der Waals surface area contributed by atoms with E-state index in [2.05, 4.69) is 31.0 Å². The molecule has 3 aromatic rings. The first kappa shape index (κ1) is 23.8. The summed E-state index contributed by atoms with van der Waals surface area (Å²) < 4.78 is 35.6. The minimum Gasteiger partial charge on any atom is -0.383 e. The van der Waals surface area contributed by atoms with Crippen molar-refractivity contribution in [2.75, 3.05) is 26.8 Å². The molecule has 176 valence electrons. The van der Waals surface area contributed by atoms with E-state index in [1.54, 1.807) is 19.2 Å². The number of piperidine rings is 1. The van der Waals surface area contributed by atoms with Crippen molar-refractivity contribution in [1.82, 2.24) is 8.87 Å². The van der Waals surface area contributed by atoms with Crippen LogP contribution in [0.3, 0.4) is 0 Å². The number of amides is 1. The van der Waals surface area contributed by atoms with Gasteiger partial charge in [-0.3, -0.25) is 4.79 Å². The molecule has 33 heavy (non-hydrogen) atoms. The van der Waals surface area contributed by atoms with Gasteiger partial charge < -0.3 is 9.30 Å². The van der Waals surface area contributed by atoms with E-state index >= 15 is 0 Å². The van der Waals surface area contributed by atoms with Crippen LogP contribution in [0.4, 0.5) is 0 Å². The predicted molar refractivity (Wildman–Crippen MR) is 130 cm³/mol. The Balaban J connectivity index is 1.66. The average molecular weight is 488 g/mol. The van der Waals surface area contributed by atoms with E-state index in [-0.39, 0.29) is 4.90 Å². The van der Waals surface area contributed by atoms with Crippen LogP contribution in [0.15, 0.2) is 46.3 Å². The number of rotatable bonds is 6. The molecule has 9 heteroatoms. The van der Waals surface area contributed by atoms with E-state index in [0.29, 0.717) is 36.6 Å². The first-order chi connectivity index (χ1) is 15.8. The molecule has 0 bridgehead atoms. The van der Waals surface area contributed by atoms with Crippen LogP contribution >= 0.6 is 11.3 Å². The second-order valence-corrected chi connectivity index (χ2v) is 11.3. The summed E-state index contributed by atoms with van der Waals surface area (Å²) in [7, 11) is -1.89. The topological polar surface area (TPSA) is 81.0 Å². The summed E-state index contributed by atoms with van der Waals surface area (Å²) in [4.78, 5) is 18.1. The fourth-order valence-electron chi connectivity index (χ4n) is 3.98. The van der Waals surface area contributed by atoms with Gasteiger partial charge in [0.05, 0.1) is 21.7 Å². The van der Waals surface area contributed by atoms with E-state index in [1.807, 2.05) is 4.57 Å². The second-order valence-electron chi connectivity index (χ2n) is 8.34. The number of aromatic nitrogens is 1. The highest BCUT2D eigenvalue weighted by atomic mass is 32.2. The van der Waals surface area contributed by atoms with Gasteiger partial charge in [0.15, 0.2) is 4.80 Å². The van der Waals surface area contributed by atoms with Crippen LogP contribution in [0.1, 0.15) is 40.7 Å². The summed E-state index contributed by atoms with van der Waals surface area (Å²) in [6.45, 7) is 6.31. The molecule has 1 aromatic heterocycles. The number of hydrogen-bond acceptors (Lipinski definition) is 5. The fourth-order valence-corrected chi connectivity index (χ4v) is 6.63. The Morgan fingerprint density at radius 2 is 1.73 bits per heavy atom. The molecule has 4 rings (SSSR count). The maximum atomic E-state index is 12.9. The zero-order valence-electron chi connectivity index (χ0n) is 19.2. The van der Waals surface area contributed by atoms with Gasteiger partial charge in [0.1, 0.15) is 0 Å². The Morgan fingerprint density at radius 1 is 1.06 bits per heavy atom. The molecule has 7 nitrogen and oxygen atoms in total. The highest BCUT2D eigenvalue weighted by molar-refractivity contribution is 7.89. The molecule has 1 amide bonds. The first-order valence-corrected chi connectivity index (χ1v) is 13.4. The van der Waals surface area contributed by atoms with Gasteiger partial charge in [-0.1, -0.05) is 17.8 Å². The zero-order valence-corrected chi connectivity index (χ0v) is 20.8. The summed E-state index contributed by atoms with van der Waals surface area (Å²) in [6.07, 6.45) is 2.82. The SMILES string of the molecule is COCCn1c(=NC(=O)c2ccc(S(=O)(=O)N3CCCCC3)cc2)sc2cc(C)c(C)cc21. The lowest BCUT2D eigenvalue weighted by atomic mass is 10.1. The first-order valence-electron chi connectivity index (χ1n) is 11.1. The van der Waals surface area contributed by atoms with Crippen LogP contribution in [0, 0.1) is 13.8 Å². The Labute approximate surface area is 198 Å². The third-order valence-corrected chi connectivity index (χ3v) is 9.02. The van der Waals surface area contributed by atoms with Gasteiger partial charge in [-0.25, -0.2) is 8.42 Å². The number of fused-ring (bicyclic) bond motifs is 1. The van der Waals surface area contributed by atoms with Crippen molar-refractivity contribution in [3.8, 4) is 0 Å². The number of hydrogen-bond donors (Lipinski definition) is 0. The lowest BCUT2D eigenvalue weighted by Gasteiger charge is -2.25. The number of ether oxygens (including phenoxy) is 1. The van der Waals surface area contributed by atoms with E-state index in [4.69, 9.17) is 4.74 Å². The number of benzene rings is 2. The number of methoxy groups -OCH3 is 1. The Kier molecular flexibility index (Phi) is 7.13. The van der Waals surface area contributed by atoms with Crippen molar-refractivity contribution >= 4 is 37.5 Å². The maximum Gasteiger partial charge on any atom is 0.279 e. The number of thiazole rings is 1. The van der Waals surface area contributed by atoms with Gasteiger partial charge in [-0.15, -0.1) is 0 Å². The molecule has 2 aromatic carbocycles. The zero-order chi connectivity index (χ0) is 23.6. The molecular formula is C24H29N3O4S2. The molecule has 0 atom stereocenters. The van der Waals surface area contributed by atoms with Crippen LogP contribution in [0.5, 0.6) is 0 Å². The Morgan fingerprint density at radius 3 is 2.39 bits per heavy atom. The van der Waals surface area contributed by atoms with Gasteiger partial charge in [0, 0.05) is 32.3 Å². The van der Waals surface area contributed by atoms with Crippen LogP contribution in [-0.4, -0.2) is 50.0 Å². The molecular weight excluding hydrogens is 458 g/mol. The Bertz CT molecular complexity index is 1330. The quantitative estimate of drug-likeness (QED) is 0.528. The molecule has 1 aliphatic heterocycles. The molecule has 1 fully saturated rings. The van der Waals surface area contributed by atoms with Crippen LogP contribution in [-0.2, 0) is 21.3 Å². The molecule has 2 heterocycles. The molecule has 0 radical (unpaired) electrons. The molecule has 0 aliphatic carbocycles. The van der Waals surface area contributed by atoms with Crippen molar-refractivity contribution in [3.63, 3.8) is 0 Å². The number of aryl methyl sites for hydroxylation is 2.